The molecule has 0 bridgehead atoms. The van der Waals surface area contributed by atoms with Gasteiger partial charge in [0, 0.05) is 11.6 Å². The smallest absolute Gasteiger partial charge is 0.128 e. The van der Waals surface area contributed by atoms with E-state index in [1.54, 1.807) is 6.20 Å². The second kappa shape index (κ2) is 4.78. The largest absolute Gasteiger partial charge is 0.493 e. The Labute approximate surface area is 89.9 Å². The number of nitrogens with zero attached hydrogens (tertiary/aromatic N) is 1. The Morgan fingerprint density at radius 1 is 1.20 bits per heavy atom. The topological polar surface area (TPSA) is 22.1 Å². The van der Waals surface area contributed by atoms with Crippen molar-refractivity contribution in [3.05, 3.63) is 36.5 Å². The van der Waals surface area contributed by atoms with E-state index in [0.29, 0.717) is 0 Å². The molecule has 0 amide bonds. The van der Waals surface area contributed by atoms with Gasteiger partial charge in [-0.05, 0) is 30.7 Å². The number of hydrogen-bond donors (Lipinski definition) is 0. The molecular weight excluding hydrogens is 186 g/mol. The Morgan fingerprint density at radius 2 is 2.13 bits per heavy atom. The molecule has 1 aromatic carbocycles. The molecule has 2 nitrogen and oxygen atoms in total. The van der Waals surface area contributed by atoms with E-state index in [1.807, 2.05) is 30.3 Å². The summed E-state index contributed by atoms with van der Waals surface area (Å²) in [5, 5.41) is 1.09. The first-order valence-electron chi connectivity index (χ1n) is 5.38. The van der Waals surface area contributed by atoms with Crippen LogP contribution in [0.25, 0.3) is 10.9 Å². The molecule has 0 spiro atoms. The minimum absolute atomic E-state index is 0.782. The molecule has 0 fully saturated rings. The second-order valence-electron chi connectivity index (χ2n) is 3.53. The average Bonchev–Trinajstić information content (AvgIpc) is 2.30. The lowest BCUT2D eigenvalue weighted by Crippen LogP contribution is -1.97. The summed E-state index contributed by atoms with van der Waals surface area (Å²) in [6.07, 6.45) is 4.05. The third-order valence-corrected chi connectivity index (χ3v) is 2.36. The van der Waals surface area contributed by atoms with Gasteiger partial charge in [0.05, 0.1) is 12.1 Å². The van der Waals surface area contributed by atoms with Crippen LogP contribution in [-0.4, -0.2) is 11.6 Å². The molecule has 1 heterocycles. The zero-order chi connectivity index (χ0) is 10.5. The maximum atomic E-state index is 5.72. The summed E-state index contributed by atoms with van der Waals surface area (Å²) in [6.45, 7) is 2.94. The van der Waals surface area contributed by atoms with E-state index < -0.39 is 0 Å². The van der Waals surface area contributed by atoms with Crippen LogP contribution in [0, 0.1) is 0 Å². The van der Waals surface area contributed by atoms with Gasteiger partial charge in [-0.25, -0.2) is 0 Å². The summed E-state index contributed by atoms with van der Waals surface area (Å²) in [4.78, 5) is 4.29. The van der Waals surface area contributed by atoms with Crippen LogP contribution in [0.15, 0.2) is 36.5 Å². The van der Waals surface area contributed by atoms with Crippen molar-refractivity contribution in [2.45, 2.75) is 19.8 Å². The summed E-state index contributed by atoms with van der Waals surface area (Å²) in [5.41, 5.74) is 0.992. The van der Waals surface area contributed by atoms with Gasteiger partial charge < -0.3 is 4.74 Å². The number of rotatable bonds is 4. The lowest BCUT2D eigenvalue weighted by Gasteiger charge is -2.07. The van der Waals surface area contributed by atoms with E-state index in [9.17, 15) is 0 Å². The van der Waals surface area contributed by atoms with Crippen LogP contribution in [0.3, 0.4) is 0 Å². The maximum Gasteiger partial charge on any atom is 0.128 e. The van der Waals surface area contributed by atoms with E-state index in [0.717, 1.165) is 36.1 Å². The SMILES string of the molecule is CCCCOc1cccc2ncccc12. The number of ether oxygens (including phenoxy) is 1. The summed E-state index contributed by atoms with van der Waals surface area (Å²) in [5.74, 6) is 0.939. The molecule has 2 aromatic rings. The number of aromatic nitrogens is 1. The highest BCUT2D eigenvalue weighted by Gasteiger charge is 2.00. The molecule has 0 unspecified atom stereocenters. The maximum absolute atomic E-state index is 5.72. The van der Waals surface area contributed by atoms with E-state index in [4.69, 9.17) is 4.74 Å². The molecular formula is C13H15NO. The van der Waals surface area contributed by atoms with Gasteiger partial charge in [-0.2, -0.15) is 0 Å². The summed E-state index contributed by atoms with van der Waals surface area (Å²) >= 11 is 0. The zero-order valence-electron chi connectivity index (χ0n) is 8.94. The lowest BCUT2D eigenvalue weighted by molar-refractivity contribution is 0.313. The van der Waals surface area contributed by atoms with Gasteiger partial charge in [0.25, 0.3) is 0 Å². The van der Waals surface area contributed by atoms with Crippen LogP contribution >= 0.6 is 0 Å². The molecule has 0 aliphatic rings. The van der Waals surface area contributed by atoms with Crippen molar-refractivity contribution in [1.29, 1.82) is 0 Å². The standard InChI is InChI=1S/C13H15NO/c1-2-3-10-15-13-8-4-7-12-11(13)6-5-9-14-12/h4-9H,2-3,10H2,1H3. The Kier molecular flexibility index (Phi) is 3.18. The highest BCUT2D eigenvalue weighted by atomic mass is 16.5. The fourth-order valence-electron chi connectivity index (χ4n) is 1.53. The van der Waals surface area contributed by atoms with E-state index in [1.165, 1.54) is 0 Å². The summed E-state index contributed by atoms with van der Waals surface area (Å²) < 4.78 is 5.72. The molecule has 0 radical (unpaired) electrons. The van der Waals surface area contributed by atoms with Crippen LogP contribution in [0.4, 0.5) is 0 Å². The van der Waals surface area contributed by atoms with Crippen molar-refractivity contribution < 1.29 is 4.74 Å². The molecule has 0 atom stereocenters. The van der Waals surface area contributed by atoms with Gasteiger partial charge in [0.15, 0.2) is 0 Å². The average molecular weight is 201 g/mol. The fourth-order valence-corrected chi connectivity index (χ4v) is 1.53. The van der Waals surface area contributed by atoms with Crippen molar-refractivity contribution in [2.75, 3.05) is 6.61 Å². The normalized spacial score (nSPS) is 10.5. The van der Waals surface area contributed by atoms with Gasteiger partial charge in [0.2, 0.25) is 0 Å². The minimum Gasteiger partial charge on any atom is -0.493 e. The number of hydrogen-bond acceptors (Lipinski definition) is 2. The van der Waals surface area contributed by atoms with Crippen LogP contribution in [0.1, 0.15) is 19.8 Å². The second-order valence-corrected chi connectivity index (χ2v) is 3.53. The Balaban J connectivity index is 2.26. The van der Waals surface area contributed by atoms with Crippen LogP contribution in [-0.2, 0) is 0 Å². The van der Waals surface area contributed by atoms with Crippen molar-refractivity contribution in [2.24, 2.45) is 0 Å². The fraction of sp³-hybridized carbons (Fsp3) is 0.308. The summed E-state index contributed by atoms with van der Waals surface area (Å²) in [7, 11) is 0. The van der Waals surface area contributed by atoms with Crippen molar-refractivity contribution in [3.8, 4) is 5.75 Å². The van der Waals surface area contributed by atoms with Gasteiger partial charge in [-0.3, -0.25) is 4.98 Å². The highest BCUT2D eigenvalue weighted by molar-refractivity contribution is 5.84. The van der Waals surface area contributed by atoms with Gasteiger partial charge in [-0.1, -0.05) is 19.4 Å². The molecule has 0 aliphatic heterocycles. The van der Waals surface area contributed by atoms with E-state index >= 15 is 0 Å². The molecule has 2 heteroatoms. The molecule has 0 saturated heterocycles. The van der Waals surface area contributed by atoms with Gasteiger partial charge >= 0.3 is 0 Å². The number of benzene rings is 1. The molecule has 0 aliphatic carbocycles. The first kappa shape index (κ1) is 9.97. The van der Waals surface area contributed by atoms with Gasteiger partial charge in [0.1, 0.15) is 5.75 Å². The Hall–Kier alpha value is -1.57. The van der Waals surface area contributed by atoms with E-state index in [2.05, 4.69) is 11.9 Å². The molecule has 15 heavy (non-hydrogen) atoms. The third-order valence-electron chi connectivity index (χ3n) is 2.36. The molecule has 0 N–H and O–H groups in total. The van der Waals surface area contributed by atoms with Crippen LogP contribution in [0.2, 0.25) is 0 Å². The predicted octanol–water partition coefficient (Wildman–Crippen LogP) is 3.41. The van der Waals surface area contributed by atoms with Crippen molar-refractivity contribution >= 4 is 10.9 Å². The quantitative estimate of drug-likeness (QED) is 0.707. The molecule has 1 aromatic heterocycles. The minimum atomic E-state index is 0.782. The van der Waals surface area contributed by atoms with Crippen LogP contribution in [0.5, 0.6) is 5.75 Å². The highest BCUT2D eigenvalue weighted by Crippen LogP contribution is 2.23. The molecule has 2 rings (SSSR count). The Bertz CT molecular complexity index is 434. The third kappa shape index (κ3) is 2.27. The van der Waals surface area contributed by atoms with Crippen LogP contribution < -0.4 is 4.74 Å². The van der Waals surface area contributed by atoms with Gasteiger partial charge in [-0.15, -0.1) is 0 Å². The van der Waals surface area contributed by atoms with Crippen molar-refractivity contribution in [3.63, 3.8) is 0 Å². The van der Waals surface area contributed by atoms with E-state index in [-0.39, 0.29) is 0 Å². The Morgan fingerprint density at radius 3 is 3.00 bits per heavy atom. The number of unbranched alkanes of at least 4 members (excludes halogenated alkanes) is 1. The monoisotopic (exact) mass is 201 g/mol. The number of pyridine rings is 1. The zero-order valence-corrected chi connectivity index (χ0v) is 8.94. The molecule has 0 saturated carbocycles. The molecule has 78 valence electrons. The first-order valence-corrected chi connectivity index (χ1v) is 5.38. The number of fused-ring (bicyclic) bond motifs is 1. The lowest BCUT2D eigenvalue weighted by atomic mass is 10.2. The predicted molar refractivity (Wildman–Crippen MR) is 62.1 cm³/mol. The van der Waals surface area contributed by atoms with Crippen molar-refractivity contribution in [1.82, 2.24) is 4.98 Å². The summed E-state index contributed by atoms with van der Waals surface area (Å²) in [6, 6.07) is 9.97. The first-order chi connectivity index (χ1) is 7.42.